The van der Waals surface area contributed by atoms with Crippen molar-refractivity contribution in [2.75, 3.05) is 44.2 Å². The van der Waals surface area contributed by atoms with E-state index in [1.807, 2.05) is 5.32 Å². The molecule has 12 heteroatoms. The van der Waals surface area contributed by atoms with E-state index in [2.05, 4.69) is 16.8 Å². The van der Waals surface area contributed by atoms with Crippen LogP contribution in [-0.4, -0.2) is 78.2 Å². The van der Waals surface area contributed by atoms with E-state index in [1.54, 1.807) is 4.90 Å². The molecule has 1 fully saturated rings. The molecule has 1 aliphatic rings. The van der Waals surface area contributed by atoms with Crippen LogP contribution >= 0.6 is 11.6 Å². The van der Waals surface area contributed by atoms with E-state index in [1.165, 1.54) is 41.4 Å². The number of nitrogens with one attached hydrogen (secondary N) is 1. The van der Waals surface area contributed by atoms with Crippen LogP contribution in [0.4, 0.5) is 23.7 Å². The van der Waals surface area contributed by atoms with Crippen molar-refractivity contribution < 1.29 is 27.6 Å². The molecule has 0 saturated carbocycles. The van der Waals surface area contributed by atoms with Gasteiger partial charge in [0.2, 0.25) is 0 Å². The molecule has 2 aromatic rings. The Labute approximate surface area is 205 Å². The van der Waals surface area contributed by atoms with Gasteiger partial charge in [-0.15, -0.1) is 0 Å². The third-order valence-corrected chi connectivity index (χ3v) is 5.91. The second kappa shape index (κ2) is 12.0. The maximum absolute atomic E-state index is 13.7. The van der Waals surface area contributed by atoms with Crippen LogP contribution < -0.4 is 10.2 Å². The third-order valence-electron chi connectivity index (χ3n) is 5.62. The van der Waals surface area contributed by atoms with E-state index < -0.39 is 30.5 Å². The Morgan fingerprint density at radius 1 is 1.14 bits per heavy atom. The number of anilines is 1. The van der Waals surface area contributed by atoms with E-state index in [0.717, 1.165) is 19.6 Å². The van der Waals surface area contributed by atoms with Crippen molar-refractivity contribution >= 4 is 35.0 Å². The third kappa shape index (κ3) is 6.92. The second-order valence-corrected chi connectivity index (χ2v) is 8.28. The van der Waals surface area contributed by atoms with Crippen LogP contribution in [0.1, 0.15) is 23.0 Å². The van der Waals surface area contributed by atoms with Gasteiger partial charge in [-0.05, 0) is 36.9 Å². The van der Waals surface area contributed by atoms with Gasteiger partial charge in [0.25, 0.3) is 5.91 Å². The number of likely N-dealkylation sites (N-methyl/N-ethyl adjacent to an activating group) is 1. The van der Waals surface area contributed by atoms with E-state index in [9.17, 15) is 27.6 Å². The van der Waals surface area contributed by atoms with Crippen LogP contribution in [0.15, 0.2) is 36.5 Å². The molecule has 1 N–H and O–H groups in total. The smallest absolute Gasteiger partial charge is 0.324 e. The van der Waals surface area contributed by atoms with Gasteiger partial charge in [0, 0.05) is 43.6 Å². The molecule has 8 nitrogen and oxygen atoms in total. The number of benzene rings is 1. The molecule has 0 spiro atoms. The minimum Gasteiger partial charge on any atom is -0.344 e. The van der Waals surface area contributed by atoms with Crippen molar-refractivity contribution in [1.82, 2.24) is 20.1 Å². The van der Waals surface area contributed by atoms with Crippen LogP contribution in [0.2, 0.25) is 5.02 Å². The predicted octanol–water partition coefficient (Wildman–Crippen LogP) is 3.20. The molecule has 0 bridgehead atoms. The number of amides is 3. The highest BCUT2D eigenvalue weighted by Crippen LogP contribution is 2.25. The summed E-state index contributed by atoms with van der Waals surface area (Å²) in [7, 11) is 0. The quantitative estimate of drug-likeness (QED) is 0.550. The fraction of sp³-hybridized carbons (Fsp3) is 0.391. The van der Waals surface area contributed by atoms with Gasteiger partial charge in [0.05, 0.1) is 23.8 Å². The summed E-state index contributed by atoms with van der Waals surface area (Å²) in [6.07, 6.45) is -1.97. The van der Waals surface area contributed by atoms with Crippen LogP contribution in [-0.2, 0) is 11.3 Å². The number of alkyl halides is 2. The zero-order valence-corrected chi connectivity index (χ0v) is 19.8. The molecule has 0 aliphatic carbocycles. The molecule has 35 heavy (non-hydrogen) atoms. The topological polar surface area (TPSA) is 85.9 Å². The number of carbonyl (C=O) groups excluding carboxylic acids is 3. The first kappa shape index (κ1) is 26.4. The number of aromatic nitrogens is 1. The predicted molar refractivity (Wildman–Crippen MR) is 124 cm³/mol. The van der Waals surface area contributed by atoms with Crippen LogP contribution in [0, 0.1) is 5.82 Å². The monoisotopic (exact) mass is 511 g/mol. The average molecular weight is 512 g/mol. The molecule has 3 rings (SSSR count). The van der Waals surface area contributed by atoms with Gasteiger partial charge in [-0.25, -0.2) is 9.18 Å². The molecule has 1 aliphatic heterocycles. The Bertz CT molecular complexity index is 1060. The van der Waals surface area contributed by atoms with E-state index in [0.29, 0.717) is 24.5 Å². The molecule has 188 valence electrons. The number of urea groups is 1. The largest absolute Gasteiger partial charge is 0.344 e. The number of piperazine rings is 1. The number of hydrogen-bond donors (Lipinski definition) is 1. The zero-order chi connectivity index (χ0) is 25.5. The molecule has 1 aromatic heterocycles. The Balaban J connectivity index is 1.76. The van der Waals surface area contributed by atoms with Gasteiger partial charge in [0.15, 0.2) is 5.78 Å². The first-order valence-electron chi connectivity index (χ1n) is 11.0. The molecular formula is C23H25ClF3N5O3. The minimum atomic E-state index is -3.21. The van der Waals surface area contributed by atoms with Crippen molar-refractivity contribution in [3.05, 3.63) is 58.6 Å². The van der Waals surface area contributed by atoms with Gasteiger partial charge in [-0.3, -0.25) is 19.5 Å². The standard InChI is InChI=1S/C23H25ClF3N5O3/c1-2-30-7-9-31(10-8-30)23(35)32(17-5-6-19(25)18(24)11-17)14-16-4-3-15(12-28-16)20(33)13-29-22(34)21(26)27/h3-6,11-12,21H,2,7-10,13-14H2,1H3,(H,29,34). The fourth-order valence-corrected chi connectivity index (χ4v) is 3.71. The number of hydrogen-bond acceptors (Lipinski definition) is 5. The second-order valence-electron chi connectivity index (χ2n) is 7.87. The van der Waals surface area contributed by atoms with Crippen LogP contribution in [0.25, 0.3) is 0 Å². The number of halogens is 4. The zero-order valence-electron chi connectivity index (χ0n) is 19.0. The summed E-state index contributed by atoms with van der Waals surface area (Å²) in [5.74, 6) is -2.74. The molecular weight excluding hydrogens is 487 g/mol. The Kier molecular flexibility index (Phi) is 9.05. The summed E-state index contributed by atoms with van der Waals surface area (Å²) < 4.78 is 38.3. The fourth-order valence-electron chi connectivity index (χ4n) is 3.54. The number of carbonyl (C=O) groups is 3. The lowest BCUT2D eigenvalue weighted by Gasteiger charge is -2.37. The lowest BCUT2D eigenvalue weighted by Crippen LogP contribution is -2.52. The summed E-state index contributed by atoms with van der Waals surface area (Å²) >= 11 is 5.95. The molecule has 0 radical (unpaired) electrons. The van der Waals surface area contributed by atoms with Gasteiger partial charge in [-0.2, -0.15) is 8.78 Å². The summed E-state index contributed by atoms with van der Waals surface area (Å²) in [5.41, 5.74) is 0.928. The maximum atomic E-state index is 13.7. The number of Topliss-reactive ketones (excluding diaryl/α,β-unsaturated/α-hetero) is 1. The van der Waals surface area contributed by atoms with Crippen LogP contribution in [0.5, 0.6) is 0 Å². The molecule has 1 aromatic carbocycles. The van der Waals surface area contributed by atoms with Crippen molar-refractivity contribution in [2.45, 2.75) is 19.9 Å². The highest BCUT2D eigenvalue weighted by molar-refractivity contribution is 6.31. The Morgan fingerprint density at radius 2 is 1.86 bits per heavy atom. The first-order valence-corrected chi connectivity index (χ1v) is 11.3. The lowest BCUT2D eigenvalue weighted by molar-refractivity contribution is -0.131. The SMILES string of the molecule is CCN1CCN(C(=O)N(Cc2ccc(C(=O)CNC(=O)C(F)F)cn2)c2ccc(F)c(Cl)c2)CC1. The minimum absolute atomic E-state index is 0.0192. The highest BCUT2D eigenvalue weighted by atomic mass is 35.5. The van der Waals surface area contributed by atoms with Crippen molar-refractivity contribution in [3.63, 3.8) is 0 Å². The van der Waals surface area contributed by atoms with Gasteiger partial charge >= 0.3 is 12.5 Å². The molecule has 1 saturated heterocycles. The summed E-state index contributed by atoms with van der Waals surface area (Å²) in [4.78, 5) is 46.0. The van der Waals surface area contributed by atoms with Gasteiger partial charge in [-0.1, -0.05) is 18.5 Å². The van der Waals surface area contributed by atoms with E-state index >= 15 is 0 Å². The average Bonchev–Trinajstić information content (AvgIpc) is 2.87. The molecule has 3 amide bonds. The van der Waals surface area contributed by atoms with E-state index in [-0.39, 0.29) is 23.2 Å². The van der Waals surface area contributed by atoms with E-state index in [4.69, 9.17) is 11.6 Å². The number of nitrogens with zero attached hydrogens (tertiary/aromatic N) is 4. The Hall–Kier alpha value is -3.18. The highest BCUT2D eigenvalue weighted by Gasteiger charge is 2.27. The van der Waals surface area contributed by atoms with Crippen molar-refractivity contribution in [1.29, 1.82) is 0 Å². The van der Waals surface area contributed by atoms with Crippen LogP contribution in [0.3, 0.4) is 0 Å². The Morgan fingerprint density at radius 3 is 2.43 bits per heavy atom. The van der Waals surface area contributed by atoms with Gasteiger partial charge in [0.1, 0.15) is 5.82 Å². The summed E-state index contributed by atoms with van der Waals surface area (Å²) in [6, 6.07) is 6.64. The number of ketones is 1. The summed E-state index contributed by atoms with van der Waals surface area (Å²) in [6.45, 7) is 4.90. The summed E-state index contributed by atoms with van der Waals surface area (Å²) in [5, 5.41) is 1.72. The molecule has 0 unspecified atom stereocenters. The van der Waals surface area contributed by atoms with Gasteiger partial charge < -0.3 is 15.1 Å². The normalized spacial score (nSPS) is 14.2. The number of rotatable bonds is 8. The number of pyridine rings is 1. The molecule has 2 heterocycles. The maximum Gasteiger partial charge on any atom is 0.324 e. The lowest BCUT2D eigenvalue weighted by atomic mass is 10.1. The first-order chi connectivity index (χ1) is 16.7. The molecule has 0 atom stereocenters. The van der Waals surface area contributed by atoms with Crippen molar-refractivity contribution in [2.24, 2.45) is 0 Å². The van der Waals surface area contributed by atoms with Crippen molar-refractivity contribution in [3.8, 4) is 0 Å².